The van der Waals surface area contributed by atoms with Gasteiger partial charge in [-0.15, -0.1) is 17.9 Å². The number of rotatable bonds is 5. The molecule has 0 aromatic carbocycles. The molecule has 0 unspecified atom stereocenters. The Hall–Kier alpha value is -0.470. The number of thiol groups is 1. The van der Waals surface area contributed by atoms with E-state index in [1.54, 1.807) is 0 Å². The van der Waals surface area contributed by atoms with Crippen molar-refractivity contribution >= 4 is 29.5 Å². The first-order valence-corrected chi connectivity index (χ1v) is 6.54. The summed E-state index contributed by atoms with van der Waals surface area (Å²) >= 11 is 6.11. The second kappa shape index (κ2) is 6.19. The third-order valence-electron chi connectivity index (χ3n) is 2.11. The summed E-state index contributed by atoms with van der Waals surface area (Å²) in [5.41, 5.74) is 1.26. The van der Waals surface area contributed by atoms with Crippen molar-refractivity contribution in [2.24, 2.45) is 5.92 Å². The van der Waals surface area contributed by atoms with Crippen molar-refractivity contribution in [2.45, 2.75) is 26.7 Å². The standard InChI is InChI=1S/C13H18S2/c1-4-5-11(9-14)13-7-6-12(15-13)8-10(2)3/h4,6-7,9-10,14H,1,5,8H2,2-3H3/b11-9-. The second-order valence-corrected chi connectivity index (χ2v) is 5.44. The van der Waals surface area contributed by atoms with Crippen LogP contribution in [0.1, 0.15) is 30.0 Å². The zero-order valence-corrected chi connectivity index (χ0v) is 11.1. The Morgan fingerprint density at radius 2 is 2.27 bits per heavy atom. The van der Waals surface area contributed by atoms with E-state index >= 15 is 0 Å². The topological polar surface area (TPSA) is 0 Å². The first kappa shape index (κ1) is 12.6. The van der Waals surface area contributed by atoms with Crippen LogP contribution in [0.15, 0.2) is 30.2 Å². The SMILES string of the molecule is C=CC/C(=C/S)c1ccc(CC(C)C)s1. The van der Waals surface area contributed by atoms with Crippen LogP contribution in [0.4, 0.5) is 0 Å². The molecule has 1 rings (SSSR count). The minimum absolute atomic E-state index is 0.722. The molecule has 0 N–H and O–H groups in total. The van der Waals surface area contributed by atoms with E-state index in [4.69, 9.17) is 0 Å². The number of thiophene rings is 1. The van der Waals surface area contributed by atoms with Gasteiger partial charge in [-0.1, -0.05) is 19.9 Å². The fourth-order valence-electron chi connectivity index (χ4n) is 1.43. The molecule has 0 nitrogen and oxygen atoms in total. The molecule has 0 saturated carbocycles. The lowest BCUT2D eigenvalue weighted by molar-refractivity contribution is 0.654. The van der Waals surface area contributed by atoms with Gasteiger partial charge >= 0.3 is 0 Å². The van der Waals surface area contributed by atoms with Gasteiger partial charge in [0.1, 0.15) is 0 Å². The van der Waals surface area contributed by atoms with Crippen LogP contribution >= 0.6 is 24.0 Å². The van der Waals surface area contributed by atoms with Gasteiger partial charge in [-0.25, -0.2) is 0 Å². The van der Waals surface area contributed by atoms with Crippen LogP contribution in [0, 0.1) is 5.92 Å². The molecule has 0 aliphatic rings. The molecule has 82 valence electrons. The molecule has 0 aliphatic heterocycles. The smallest absolute Gasteiger partial charge is 0.0313 e. The Labute approximate surface area is 102 Å². The molecule has 0 spiro atoms. The van der Waals surface area contributed by atoms with Crippen molar-refractivity contribution in [3.63, 3.8) is 0 Å². The van der Waals surface area contributed by atoms with E-state index in [2.05, 4.69) is 45.2 Å². The fraction of sp³-hybridized carbons (Fsp3) is 0.385. The maximum Gasteiger partial charge on any atom is 0.0313 e. The van der Waals surface area contributed by atoms with Crippen molar-refractivity contribution in [1.82, 2.24) is 0 Å². The van der Waals surface area contributed by atoms with Crippen molar-refractivity contribution in [3.8, 4) is 0 Å². The van der Waals surface area contributed by atoms with Crippen molar-refractivity contribution in [2.75, 3.05) is 0 Å². The molecule has 0 atom stereocenters. The zero-order chi connectivity index (χ0) is 11.3. The Balaban J connectivity index is 2.78. The third-order valence-corrected chi connectivity index (χ3v) is 3.60. The van der Waals surface area contributed by atoms with Gasteiger partial charge in [0.25, 0.3) is 0 Å². The van der Waals surface area contributed by atoms with Crippen LogP contribution in [-0.4, -0.2) is 0 Å². The van der Waals surface area contributed by atoms with Crippen LogP contribution in [0.5, 0.6) is 0 Å². The summed E-state index contributed by atoms with van der Waals surface area (Å²) in [6.45, 7) is 8.26. The number of allylic oxidation sites excluding steroid dienone is 2. The number of hydrogen-bond donors (Lipinski definition) is 1. The molecule has 0 bridgehead atoms. The van der Waals surface area contributed by atoms with Gasteiger partial charge in [-0.3, -0.25) is 0 Å². The lowest BCUT2D eigenvalue weighted by Crippen LogP contribution is -1.89. The summed E-state index contributed by atoms with van der Waals surface area (Å²) in [6.07, 6.45) is 3.98. The lowest BCUT2D eigenvalue weighted by atomic mass is 10.1. The van der Waals surface area contributed by atoms with E-state index in [-0.39, 0.29) is 0 Å². The van der Waals surface area contributed by atoms with Gasteiger partial charge in [0, 0.05) is 9.75 Å². The monoisotopic (exact) mass is 238 g/mol. The molecule has 0 radical (unpaired) electrons. The Kier molecular flexibility index (Phi) is 5.20. The molecule has 15 heavy (non-hydrogen) atoms. The van der Waals surface area contributed by atoms with E-state index in [1.807, 2.05) is 22.8 Å². The Bertz CT molecular complexity index is 345. The summed E-state index contributed by atoms with van der Waals surface area (Å²) in [5, 5.41) is 1.88. The molecular weight excluding hydrogens is 220 g/mol. The highest BCUT2D eigenvalue weighted by Crippen LogP contribution is 2.28. The van der Waals surface area contributed by atoms with Crippen molar-refractivity contribution < 1.29 is 0 Å². The predicted octanol–water partition coefficient (Wildman–Crippen LogP) is 4.79. The van der Waals surface area contributed by atoms with Crippen LogP contribution in [-0.2, 0) is 6.42 Å². The Morgan fingerprint density at radius 3 is 2.80 bits per heavy atom. The summed E-state index contributed by atoms with van der Waals surface area (Å²) < 4.78 is 0. The summed E-state index contributed by atoms with van der Waals surface area (Å²) in [7, 11) is 0. The third kappa shape index (κ3) is 3.88. The normalized spacial score (nSPS) is 12.1. The van der Waals surface area contributed by atoms with E-state index in [9.17, 15) is 0 Å². The van der Waals surface area contributed by atoms with E-state index < -0.39 is 0 Å². The van der Waals surface area contributed by atoms with Gasteiger partial charge in [0.2, 0.25) is 0 Å². The quantitative estimate of drug-likeness (QED) is 0.553. The zero-order valence-electron chi connectivity index (χ0n) is 9.36. The second-order valence-electron chi connectivity index (χ2n) is 4.01. The van der Waals surface area contributed by atoms with Gasteiger partial charge in [0.15, 0.2) is 0 Å². The number of hydrogen-bond acceptors (Lipinski definition) is 2. The fourth-order valence-corrected chi connectivity index (χ4v) is 3.01. The van der Waals surface area contributed by atoms with Crippen LogP contribution in [0.3, 0.4) is 0 Å². The van der Waals surface area contributed by atoms with E-state index in [0.29, 0.717) is 0 Å². The highest BCUT2D eigenvalue weighted by Gasteiger charge is 2.05. The molecule has 1 aromatic rings. The highest BCUT2D eigenvalue weighted by atomic mass is 32.1. The van der Waals surface area contributed by atoms with Crippen LogP contribution < -0.4 is 0 Å². The molecule has 0 fully saturated rings. The molecule has 0 aliphatic carbocycles. The first-order valence-electron chi connectivity index (χ1n) is 5.20. The Morgan fingerprint density at radius 1 is 1.53 bits per heavy atom. The summed E-state index contributed by atoms with van der Waals surface area (Å²) in [5.74, 6) is 0.722. The summed E-state index contributed by atoms with van der Waals surface area (Å²) in [6, 6.07) is 4.41. The van der Waals surface area contributed by atoms with Gasteiger partial charge in [-0.2, -0.15) is 12.6 Å². The van der Waals surface area contributed by atoms with Crippen LogP contribution in [0.25, 0.3) is 5.57 Å². The maximum atomic E-state index is 4.24. The average Bonchev–Trinajstić information content (AvgIpc) is 2.61. The largest absolute Gasteiger partial charge is 0.151 e. The average molecular weight is 238 g/mol. The van der Waals surface area contributed by atoms with Crippen molar-refractivity contribution in [1.29, 1.82) is 0 Å². The van der Waals surface area contributed by atoms with Crippen LogP contribution in [0.2, 0.25) is 0 Å². The predicted molar refractivity (Wildman–Crippen MR) is 74.6 cm³/mol. The molecule has 1 heterocycles. The first-order chi connectivity index (χ1) is 7.17. The van der Waals surface area contributed by atoms with Gasteiger partial charge in [0.05, 0.1) is 0 Å². The highest BCUT2D eigenvalue weighted by molar-refractivity contribution is 7.83. The molecule has 2 heteroatoms. The molecule has 1 aromatic heterocycles. The maximum absolute atomic E-state index is 4.24. The summed E-state index contributed by atoms with van der Waals surface area (Å²) in [4.78, 5) is 2.78. The van der Waals surface area contributed by atoms with E-state index in [0.717, 1.165) is 12.3 Å². The van der Waals surface area contributed by atoms with E-state index in [1.165, 1.54) is 21.7 Å². The minimum Gasteiger partial charge on any atom is -0.151 e. The van der Waals surface area contributed by atoms with Gasteiger partial charge < -0.3 is 0 Å². The minimum atomic E-state index is 0.722. The molecular formula is C13H18S2. The molecule has 0 saturated heterocycles. The van der Waals surface area contributed by atoms with Gasteiger partial charge in [-0.05, 0) is 41.9 Å². The molecule has 0 amide bonds. The van der Waals surface area contributed by atoms with Crippen molar-refractivity contribution in [3.05, 3.63) is 40.0 Å². The lowest BCUT2D eigenvalue weighted by Gasteiger charge is -2.01.